The van der Waals surface area contributed by atoms with E-state index in [1.807, 2.05) is 6.92 Å². The highest BCUT2D eigenvalue weighted by Crippen LogP contribution is 2.18. The fourth-order valence-electron chi connectivity index (χ4n) is 1.26. The van der Waals surface area contributed by atoms with Gasteiger partial charge in [-0.2, -0.15) is 0 Å². The molecule has 1 heteroatoms. The first-order valence-electron chi connectivity index (χ1n) is 5.08. The molecule has 0 aliphatic rings. The van der Waals surface area contributed by atoms with Gasteiger partial charge in [-0.1, -0.05) is 38.1 Å². The van der Waals surface area contributed by atoms with Crippen molar-refractivity contribution in [2.24, 2.45) is 0 Å². The summed E-state index contributed by atoms with van der Waals surface area (Å²) in [5, 5.41) is 3.34. The Morgan fingerprint density at radius 1 is 1.43 bits per heavy atom. The van der Waals surface area contributed by atoms with E-state index in [2.05, 4.69) is 50.0 Å². The van der Waals surface area contributed by atoms with Gasteiger partial charge < -0.3 is 5.32 Å². The van der Waals surface area contributed by atoms with E-state index in [1.165, 1.54) is 11.3 Å². The fraction of sp³-hybridized carbons (Fsp3) is 0.385. The van der Waals surface area contributed by atoms with Gasteiger partial charge in [0, 0.05) is 12.2 Å². The predicted octanol–water partition coefficient (Wildman–Crippen LogP) is 3.80. The Bertz CT molecular complexity index is 313. The molecule has 0 fully saturated rings. The zero-order valence-corrected chi connectivity index (χ0v) is 9.30. The molecule has 0 heterocycles. The first-order valence-corrected chi connectivity index (χ1v) is 5.08. The number of hydrogen-bond donors (Lipinski definition) is 1. The summed E-state index contributed by atoms with van der Waals surface area (Å²) >= 11 is 0. The third-order valence-corrected chi connectivity index (χ3v) is 2.15. The lowest BCUT2D eigenvalue weighted by Crippen LogP contribution is -2.02. The molecule has 1 aromatic carbocycles. The van der Waals surface area contributed by atoms with Crippen LogP contribution in [0.15, 0.2) is 36.4 Å². The van der Waals surface area contributed by atoms with Crippen LogP contribution in [-0.2, 0) is 0 Å². The third kappa shape index (κ3) is 3.25. The normalized spacial score (nSPS) is 10.3. The van der Waals surface area contributed by atoms with Gasteiger partial charge in [-0.05, 0) is 30.5 Å². The van der Waals surface area contributed by atoms with Gasteiger partial charge in [0.2, 0.25) is 0 Å². The van der Waals surface area contributed by atoms with Gasteiger partial charge in [0.1, 0.15) is 0 Å². The zero-order chi connectivity index (χ0) is 10.6. The molecule has 1 aromatic rings. The summed E-state index contributed by atoms with van der Waals surface area (Å²) in [5.74, 6) is 0.585. The smallest absolute Gasteiger partial charge is 0.0354 e. The minimum atomic E-state index is 0.585. The number of nitrogens with one attached hydrogen (secondary N) is 1. The van der Waals surface area contributed by atoms with Crippen molar-refractivity contribution in [2.45, 2.75) is 26.7 Å². The van der Waals surface area contributed by atoms with E-state index in [1.54, 1.807) is 0 Å². The molecule has 0 aliphatic heterocycles. The summed E-state index contributed by atoms with van der Waals surface area (Å²) in [4.78, 5) is 0. The summed E-state index contributed by atoms with van der Waals surface area (Å²) in [5.41, 5.74) is 3.70. The molecule has 0 aromatic heterocycles. The van der Waals surface area contributed by atoms with E-state index in [0.29, 0.717) is 5.92 Å². The molecule has 1 nitrogen and oxygen atoms in total. The Balaban J connectivity index is 2.68. The molecule has 0 bridgehead atoms. The second kappa shape index (κ2) is 4.85. The summed E-state index contributed by atoms with van der Waals surface area (Å²) in [7, 11) is 0. The Morgan fingerprint density at radius 2 is 2.14 bits per heavy atom. The van der Waals surface area contributed by atoms with E-state index < -0.39 is 0 Å². The number of rotatable bonds is 4. The van der Waals surface area contributed by atoms with Crippen LogP contribution in [0.5, 0.6) is 0 Å². The van der Waals surface area contributed by atoms with Gasteiger partial charge in [-0.25, -0.2) is 0 Å². The monoisotopic (exact) mass is 189 g/mol. The Labute approximate surface area is 86.8 Å². The molecule has 1 N–H and O–H groups in total. The molecule has 0 atom stereocenters. The highest BCUT2D eigenvalue weighted by molar-refractivity contribution is 5.47. The van der Waals surface area contributed by atoms with Crippen molar-refractivity contribution in [1.29, 1.82) is 0 Å². The van der Waals surface area contributed by atoms with Gasteiger partial charge in [0.05, 0.1) is 0 Å². The van der Waals surface area contributed by atoms with Crippen LogP contribution in [-0.4, -0.2) is 6.54 Å². The van der Waals surface area contributed by atoms with E-state index in [-0.39, 0.29) is 0 Å². The van der Waals surface area contributed by atoms with Crippen molar-refractivity contribution in [2.75, 3.05) is 11.9 Å². The number of hydrogen-bond acceptors (Lipinski definition) is 1. The highest BCUT2D eigenvalue weighted by Gasteiger charge is 1.99. The minimum absolute atomic E-state index is 0.585. The second-order valence-electron chi connectivity index (χ2n) is 4.09. The van der Waals surface area contributed by atoms with Crippen molar-refractivity contribution in [3.8, 4) is 0 Å². The van der Waals surface area contributed by atoms with E-state index in [4.69, 9.17) is 0 Å². The maximum atomic E-state index is 3.87. The molecule has 0 amide bonds. The molecule has 1 rings (SSSR count). The molecule has 0 spiro atoms. The summed E-state index contributed by atoms with van der Waals surface area (Å²) in [6, 6.07) is 8.55. The fourth-order valence-corrected chi connectivity index (χ4v) is 1.26. The van der Waals surface area contributed by atoms with Gasteiger partial charge >= 0.3 is 0 Å². The first-order chi connectivity index (χ1) is 6.59. The van der Waals surface area contributed by atoms with Gasteiger partial charge in [-0.15, -0.1) is 0 Å². The van der Waals surface area contributed by atoms with Crippen molar-refractivity contribution in [3.63, 3.8) is 0 Å². The summed E-state index contributed by atoms with van der Waals surface area (Å²) < 4.78 is 0. The Morgan fingerprint density at radius 3 is 2.71 bits per heavy atom. The lowest BCUT2D eigenvalue weighted by Gasteiger charge is -2.10. The topological polar surface area (TPSA) is 12.0 Å². The second-order valence-corrected chi connectivity index (χ2v) is 4.09. The quantitative estimate of drug-likeness (QED) is 0.710. The van der Waals surface area contributed by atoms with Crippen molar-refractivity contribution in [3.05, 3.63) is 42.0 Å². The SMILES string of the molecule is C=C(C)CNc1cccc(C(C)C)c1. The van der Waals surface area contributed by atoms with Gasteiger partial charge in [0.15, 0.2) is 0 Å². The average Bonchev–Trinajstić information content (AvgIpc) is 2.15. The lowest BCUT2D eigenvalue weighted by atomic mass is 10.0. The standard InChI is InChI=1S/C13H19N/c1-10(2)9-14-13-7-5-6-12(8-13)11(3)4/h5-8,11,14H,1,9H2,2-4H3. The molecule has 0 saturated carbocycles. The summed E-state index contributed by atoms with van der Waals surface area (Å²) in [6.07, 6.45) is 0. The van der Waals surface area contributed by atoms with Crippen molar-refractivity contribution in [1.82, 2.24) is 0 Å². The van der Waals surface area contributed by atoms with Gasteiger partial charge in [0.25, 0.3) is 0 Å². The molecule has 76 valence electrons. The molecule has 14 heavy (non-hydrogen) atoms. The lowest BCUT2D eigenvalue weighted by molar-refractivity contribution is 0.867. The van der Waals surface area contributed by atoms with Crippen LogP contribution >= 0.6 is 0 Å². The van der Waals surface area contributed by atoms with Crippen molar-refractivity contribution < 1.29 is 0 Å². The maximum absolute atomic E-state index is 3.87. The third-order valence-electron chi connectivity index (χ3n) is 2.15. The van der Waals surface area contributed by atoms with Crippen molar-refractivity contribution >= 4 is 5.69 Å². The van der Waals surface area contributed by atoms with Crippen LogP contribution in [0.25, 0.3) is 0 Å². The van der Waals surface area contributed by atoms with E-state index in [0.717, 1.165) is 12.1 Å². The van der Waals surface area contributed by atoms with Crippen LogP contribution in [0.2, 0.25) is 0 Å². The molecule has 0 unspecified atom stereocenters. The van der Waals surface area contributed by atoms with Crippen LogP contribution in [0.3, 0.4) is 0 Å². The molecule has 0 radical (unpaired) electrons. The van der Waals surface area contributed by atoms with Crippen LogP contribution in [0.1, 0.15) is 32.3 Å². The van der Waals surface area contributed by atoms with Crippen LogP contribution in [0, 0.1) is 0 Å². The minimum Gasteiger partial charge on any atom is -0.381 e. The average molecular weight is 189 g/mol. The molecular formula is C13H19N. The molecule has 0 saturated heterocycles. The predicted molar refractivity (Wildman–Crippen MR) is 63.8 cm³/mol. The molecule has 0 aliphatic carbocycles. The van der Waals surface area contributed by atoms with E-state index in [9.17, 15) is 0 Å². The zero-order valence-electron chi connectivity index (χ0n) is 9.30. The van der Waals surface area contributed by atoms with Gasteiger partial charge in [-0.3, -0.25) is 0 Å². The Hall–Kier alpha value is -1.24. The summed E-state index contributed by atoms with van der Waals surface area (Å²) in [6.45, 7) is 11.2. The largest absolute Gasteiger partial charge is 0.381 e. The van der Waals surface area contributed by atoms with Crippen LogP contribution < -0.4 is 5.32 Å². The first kappa shape index (κ1) is 10.8. The number of anilines is 1. The van der Waals surface area contributed by atoms with E-state index >= 15 is 0 Å². The highest BCUT2D eigenvalue weighted by atomic mass is 14.9. The molecular weight excluding hydrogens is 170 g/mol. The number of benzene rings is 1. The maximum Gasteiger partial charge on any atom is 0.0354 e. The Kier molecular flexibility index (Phi) is 3.75. The van der Waals surface area contributed by atoms with Crippen LogP contribution in [0.4, 0.5) is 5.69 Å².